The summed E-state index contributed by atoms with van der Waals surface area (Å²) in [6, 6.07) is 26.2. The number of anilines is 1. The summed E-state index contributed by atoms with van der Waals surface area (Å²) in [5.74, 6) is 2.94. The zero-order valence-corrected chi connectivity index (χ0v) is 26.6. The van der Waals surface area contributed by atoms with Crippen molar-refractivity contribution >= 4 is 17.6 Å². The van der Waals surface area contributed by atoms with Crippen molar-refractivity contribution < 1.29 is 19.1 Å². The molecule has 1 saturated heterocycles. The van der Waals surface area contributed by atoms with Crippen LogP contribution in [0, 0.1) is 23.2 Å². The lowest BCUT2D eigenvalue weighted by atomic mass is 9.44. The summed E-state index contributed by atoms with van der Waals surface area (Å²) in [7, 11) is 1.39. The van der Waals surface area contributed by atoms with Crippen molar-refractivity contribution in [1.29, 1.82) is 0 Å². The Morgan fingerprint density at radius 1 is 0.932 bits per heavy atom. The number of benzene rings is 3. The number of ether oxygens (including phenoxy) is 2. The lowest BCUT2D eigenvalue weighted by Crippen LogP contribution is -2.64. The van der Waals surface area contributed by atoms with Gasteiger partial charge in [-0.1, -0.05) is 69.3 Å². The predicted molar refractivity (Wildman–Crippen MR) is 174 cm³/mol. The van der Waals surface area contributed by atoms with Gasteiger partial charge in [-0.25, -0.2) is 4.79 Å². The Balaban J connectivity index is 1.19. The molecule has 2 bridgehead atoms. The summed E-state index contributed by atoms with van der Waals surface area (Å²) in [5.41, 5.74) is 3.02. The van der Waals surface area contributed by atoms with Crippen LogP contribution in [0.1, 0.15) is 68.8 Å². The number of carbonyl (C=O) groups is 2. The number of para-hydroxylation sites is 1. The molecule has 4 atom stereocenters. The molecule has 1 aliphatic heterocycles. The number of esters is 1. The minimum absolute atomic E-state index is 0.233. The van der Waals surface area contributed by atoms with E-state index in [0.29, 0.717) is 58.6 Å². The van der Waals surface area contributed by atoms with Crippen molar-refractivity contribution in [2.45, 2.75) is 71.4 Å². The van der Waals surface area contributed by atoms with Gasteiger partial charge in [0.05, 0.1) is 7.11 Å². The van der Waals surface area contributed by atoms with Crippen LogP contribution in [0.2, 0.25) is 0 Å². The minimum atomic E-state index is -0.423. The lowest BCUT2D eigenvalue weighted by Gasteiger charge is -2.64. The molecule has 0 spiro atoms. The molecule has 6 nitrogen and oxygen atoms in total. The first-order valence-electron chi connectivity index (χ1n) is 16.3. The number of methoxy groups -OCH3 is 1. The van der Waals surface area contributed by atoms with Crippen LogP contribution < -0.4 is 9.64 Å². The summed E-state index contributed by atoms with van der Waals surface area (Å²) in [4.78, 5) is 31.3. The molecule has 0 aromatic heterocycles. The van der Waals surface area contributed by atoms with Crippen molar-refractivity contribution in [3.8, 4) is 11.5 Å². The van der Waals surface area contributed by atoms with Gasteiger partial charge in [-0.3, -0.25) is 4.79 Å². The van der Waals surface area contributed by atoms with Gasteiger partial charge in [0, 0.05) is 43.3 Å². The topological polar surface area (TPSA) is 59.1 Å². The number of carbonyl (C=O) groups excluding carboxylic acids is 2. The fraction of sp³-hybridized carbons (Fsp3) is 0.474. The van der Waals surface area contributed by atoms with Gasteiger partial charge in [0.2, 0.25) is 5.91 Å². The molecule has 6 heteroatoms. The number of hydrogen-bond donors (Lipinski definition) is 0. The Bertz CT molecular complexity index is 1450. The van der Waals surface area contributed by atoms with Crippen molar-refractivity contribution in [1.82, 2.24) is 4.90 Å². The maximum absolute atomic E-state index is 14.1. The van der Waals surface area contributed by atoms with Crippen molar-refractivity contribution in [2.75, 3.05) is 25.1 Å². The van der Waals surface area contributed by atoms with E-state index in [-0.39, 0.29) is 6.04 Å². The Morgan fingerprint density at radius 3 is 2.25 bits per heavy atom. The number of piperidine rings is 1. The van der Waals surface area contributed by atoms with Crippen LogP contribution in [-0.2, 0) is 16.0 Å². The first kappa shape index (κ1) is 30.2. The maximum atomic E-state index is 14.1. The average molecular weight is 595 g/mol. The molecular formula is C38H46N2O4. The fourth-order valence-corrected chi connectivity index (χ4v) is 8.26. The summed E-state index contributed by atoms with van der Waals surface area (Å²) >= 11 is 0. The van der Waals surface area contributed by atoms with Crippen LogP contribution in [0.3, 0.4) is 0 Å². The third kappa shape index (κ3) is 5.96. The van der Waals surface area contributed by atoms with Crippen LogP contribution in [0.5, 0.6) is 11.5 Å². The Labute approximate surface area is 262 Å². The van der Waals surface area contributed by atoms with Crippen molar-refractivity contribution in [3.63, 3.8) is 0 Å². The van der Waals surface area contributed by atoms with Crippen molar-refractivity contribution in [2.24, 2.45) is 23.2 Å². The normalized spacial score (nSPS) is 24.2. The van der Waals surface area contributed by atoms with Crippen molar-refractivity contribution in [3.05, 3.63) is 90.0 Å². The molecule has 3 aromatic rings. The second kappa shape index (κ2) is 12.7. The molecule has 1 amide bonds. The summed E-state index contributed by atoms with van der Waals surface area (Å²) < 4.78 is 11.2. The highest BCUT2D eigenvalue weighted by Gasteiger charge is 2.58. The SMILES string of the molecule is COC(=O)c1ccc(N2CCC(N(C(=O)CCc3ccccc3)C3CC4CC(C3C)C4(C)C)CC2)cc1Oc1ccccc1. The van der Waals surface area contributed by atoms with Gasteiger partial charge in [-0.2, -0.15) is 0 Å². The summed E-state index contributed by atoms with van der Waals surface area (Å²) in [6.07, 6.45) is 5.62. The Kier molecular flexibility index (Phi) is 8.70. The van der Waals surface area contributed by atoms with E-state index < -0.39 is 5.97 Å². The van der Waals surface area contributed by atoms with E-state index in [1.807, 2.05) is 48.5 Å². The van der Waals surface area contributed by atoms with E-state index in [1.165, 1.54) is 19.1 Å². The molecule has 0 radical (unpaired) electrons. The molecule has 0 N–H and O–H groups in total. The van der Waals surface area contributed by atoms with Gasteiger partial charge in [0.1, 0.15) is 17.1 Å². The van der Waals surface area contributed by atoms with E-state index >= 15 is 0 Å². The largest absolute Gasteiger partial charge is 0.465 e. The monoisotopic (exact) mass is 594 g/mol. The van der Waals surface area contributed by atoms with E-state index in [2.05, 4.69) is 54.8 Å². The van der Waals surface area contributed by atoms with Gasteiger partial charge in [0.15, 0.2) is 0 Å². The summed E-state index contributed by atoms with van der Waals surface area (Å²) in [5, 5.41) is 0. The summed E-state index contributed by atoms with van der Waals surface area (Å²) in [6.45, 7) is 8.94. The van der Waals surface area contributed by atoms with Gasteiger partial charge in [0.25, 0.3) is 0 Å². The molecule has 3 aromatic carbocycles. The highest BCUT2D eigenvalue weighted by molar-refractivity contribution is 5.93. The molecule has 44 heavy (non-hydrogen) atoms. The molecule has 4 unspecified atom stereocenters. The quantitative estimate of drug-likeness (QED) is 0.237. The van der Waals surface area contributed by atoms with Crippen LogP contribution in [0.15, 0.2) is 78.9 Å². The van der Waals surface area contributed by atoms with Crippen LogP contribution in [0.4, 0.5) is 5.69 Å². The Hall–Kier alpha value is -3.80. The van der Waals surface area contributed by atoms with Gasteiger partial charge in [-0.15, -0.1) is 0 Å². The molecule has 4 aliphatic rings. The third-order valence-corrected chi connectivity index (χ3v) is 11.0. The second-order valence-corrected chi connectivity index (χ2v) is 13.6. The Morgan fingerprint density at radius 2 is 1.61 bits per heavy atom. The van der Waals surface area contributed by atoms with Crippen LogP contribution in [-0.4, -0.2) is 49.1 Å². The van der Waals surface area contributed by atoms with Gasteiger partial charge < -0.3 is 19.3 Å². The maximum Gasteiger partial charge on any atom is 0.341 e. The third-order valence-electron chi connectivity index (χ3n) is 11.0. The average Bonchev–Trinajstić information content (AvgIpc) is 3.05. The molecule has 3 aliphatic carbocycles. The molecule has 232 valence electrons. The number of amides is 1. The minimum Gasteiger partial charge on any atom is -0.465 e. The van der Waals surface area contributed by atoms with Gasteiger partial charge >= 0.3 is 5.97 Å². The molecule has 1 heterocycles. The smallest absolute Gasteiger partial charge is 0.341 e. The number of hydrogen-bond acceptors (Lipinski definition) is 5. The highest BCUT2D eigenvalue weighted by atomic mass is 16.5. The number of nitrogens with zero attached hydrogens (tertiary/aromatic N) is 2. The molecule has 4 fully saturated rings. The molecular weight excluding hydrogens is 548 g/mol. The van der Waals surface area contributed by atoms with Crippen LogP contribution in [0.25, 0.3) is 0 Å². The van der Waals surface area contributed by atoms with E-state index in [0.717, 1.165) is 44.5 Å². The predicted octanol–water partition coefficient (Wildman–Crippen LogP) is 7.77. The number of fused-ring (bicyclic) bond motifs is 2. The standard InChI is InChI=1S/C38H46N2O4/c1-26-33-23-28(38(33,2)3)24-34(26)40(36(41)18-15-27-11-7-5-8-12-27)29-19-21-39(22-20-29)30-16-17-32(37(42)43-4)35(25-30)44-31-13-9-6-10-14-31/h5-14,16-17,25-26,28-29,33-34H,15,18-24H2,1-4H3. The molecule has 3 saturated carbocycles. The number of aryl methyl sites for hydroxylation is 1. The van der Waals surface area contributed by atoms with E-state index in [1.54, 1.807) is 6.07 Å². The van der Waals surface area contributed by atoms with Crippen LogP contribution >= 0.6 is 0 Å². The van der Waals surface area contributed by atoms with E-state index in [9.17, 15) is 9.59 Å². The first-order valence-corrected chi connectivity index (χ1v) is 16.3. The second-order valence-electron chi connectivity index (χ2n) is 13.6. The first-order chi connectivity index (χ1) is 21.3. The van der Waals surface area contributed by atoms with Gasteiger partial charge in [-0.05, 0) is 85.1 Å². The zero-order chi connectivity index (χ0) is 30.8. The lowest BCUT2D eigenvalue weighted by molar-refractivity contribution is -0.164. The molecule has 7 rings (SSSR count). The van der Waals surface area contributed by atoms with E-state index in [4.69, 9.17) is 9.47 Å². The fourth-order valence-electron chi connectivity index (χ4n) is 8.26. The number of rotatable bonds is 9. The highest BCUT2D eigenvalue weighted by Crippen LogP contribution is 2.62. The zero-order valence-electron chi connectivity index (χ0n) is 26.6.